The van der Waals surface area contributed by atoms with E-state index in [9.17, 15) is 9.59 Å². The van der Waals surface area contributed by atoms with Gasteiger partial charge in [-0.2, -0.15) is 0 Å². The number of thioether (sulfide) groups is 1. The number of carbonyl (C=O) groups is 2. The Morgan fingerprint density at radius 1 is 1.12 bits per heavy atom. The van der Waals surface area contributed by atoms with Crippen molar-refractivity contribution >= 4 is 46.8 Å². The van der Waals surface area contributed by atoms with E-state index in [1.165, 1.54) is 16.7 Å². The maximum Gasteiger partial charge on any atom is 0.339 e. The summed E-state index contributed by atoms with van der Waals surface area (Å²) >= 11 is 13.2. The Kier molecular flexibility index (Phi) is 7.17. The quantitative estimate of drug-likeness (QED) is 0.530. The fourth-order valence-corrected chi connectivity index (χ4v) is 3.37. The van der Waals surface area contributed by atoms with Gasteiger partial charge in [0.25, 0.3) is 0 Å². The van der Waals surface area contributed by atoms with Crippen molar-refractivity contribution in [2.75, 3.05) is 19.8 Å². The minimum atomic E-state index is -0.466. The minimum Gasteiger partial charge on any atom is -0.457 e. The number of esters is 1. The fourth-order valence-electron chi connectivity index (χ4n) is 1.89. The van der Waals surface area contributed by atoms with E-state index in [0.717, 1.165) is 0 Å². The van der Waals surface area contributed by atoms with E-state index in [1.54, 1.807) is 50.5 Å². The highest BCUT2D eigenvalue weighted by Gasteiger charge is 2.15. The molecular formula is C18H17Cl2NO3S. The molecule has 1 amide bonds. The summed E-state index contributed by atoms with van der Waals surface area (Å²) in [5, 5.41) is 0.965. The summed E-state index contributed by atoms with van der Waals surface area (Å²) in [6, 6.07) is 12.0. The van der Waals surface area contributed by atoms with E-state index in [4.69, 9.17) is 27.9 Å². The molecule has 0 N–H and O–H groups in total. The molecule has 0 radical (unpaired) electrons. The molecule has 0 fully saturated rings. The number of halogens is 2. The summed E-state index contributed by atoms with van der Waals surface area (Å²) in [6.45, 7) is 0.0461. The third-order valence-corrected chi connectivity index (χ3v) is 4.98. The molecule has 2 rings (SSSR count). The largest absolute Gasteiger partial charge is 0.457 e. The molecule has 0 aliphatic heterocycles. The van der Waals surface area contributed by atoms with Gasteiger partial charge in [-0.1, -0.05) is 41.4 Å². The van der Waals surface area contributed by atoms with Crippen molar-refractivity contribution in [2.45, 2.75) is 11.5 Å². The van der Waals surface area contributed by atoms with Gasteiger partial charge >= 0.3 is 5.97 Å². The van der Waals surface area contributed by atoms with Gasteiger partial charge in [0.15, 0.2) is 0 Å². The van der Waals surface area contributed by atoms with Crippen molar-refractivity contribution in [2.24, 2.45) is 0 Å². The van der Waals surface area contributed by atoms with Gasteiger partial charge in [-0.25, -0.2) is 4.79 Å². The Bertz CT molecular complexity index is 781. The van der Waals surface area contributed by atoms with Gasteiger partial charge in [0.2, 0.25) is 5.91 Å². The van der Waals surface area contributed by atoms with Gasteiger partial charge in [0.1, 0.15) is 6.61 Å². The summed E-state index contributed by atoms with van der Waals surface area (Å²) in [5.74, 6) is -0.243. The lowest BCUT2D eigenvalue weighted by Gasteiger charge is -2.12. The number of carbonyl (C=O) groups excluding carboxylic acids is 2. The Hall–Kier alpha value is -1.69. The summed E-state index contributed by atoms with van der Waals surface area (Å²) < 4.78 is 5.35. The van der Waals surface area contributed by atoms with Crippen LogP contribution in [-0.2, 0) is 16.1 Å². The van der Waals surface area contributed by atoms with E-state index >= 15 is 0 Å². The predicted molar refractivity (Wildman–Crippen MR) is 101 cm³/mol. The molecular weight excluding hydrogens is 381 g/mol. The lowest BCUT2D eigenvalue weighted by molar-refractivity contribution is -0.125. The van der Waals surface area contributed by atoms with Crippen LogP contribution in [0.5, 0.6) is 0 Å². The van der Waals surface area contributed by atoms with Crippen LogP contribution in [-0.4, -0.2) is 36.6 Å². The van der Waals surface area contributed by atoms with Crippen LogP contribution in [0.3, 0.4) is 0 Å². The van der Waals surface area contributed by atoms with Crippen molar-refractivity contribution in [1.82, 2.24) is 4.90 Å². The van der Waals surface area contributed by atoms with Gasteiger partial charge in [-0.05, 0) is 24.3 Å². The van der Waals surface area contributed by atoms with Crippen molar-refractivity contribution in [3.05, 3.63) is 63.6 Å². The molecule has 0 bridgehead atoms. The summed E-state index contributed by atoms with van der Waals surface area (Å²) in [5.41, 5.74) is 1.09. The van der Waals surface area contributed by atoms with Gasteiger partial charge in [0, 0.05) is 34.6 Å². The van der Waals surface area contributed by atoms with E-state index < -0.39 is 5.97 Å². The Balaban J connectivity index is 2.05. The van der Waals surface area contributed by atoms with Crippen molar-refractivity contribution in [3.8, 4) is 0 Å². The molecule has 0 unspecified atom stereocenters. The molecule has 0 aliphatic rings. The molecule has 25 heavy (non-hydrogen) atoms. The maximum atomic E-state index is 12.4. The molecule has 7 heteroatoms. The lowest BCUT2D eigenvalue weighted by Crippen LogP contribution is -2.23. The smallest absolute Gasteiger partial charge is 0.339 e. The molecule has 0 spiro atoms. The standard InChI is InChI=1S/C18H17Cl2NO3S/c1-21(2)17(22)11-25-16-6-4-3-5-14(16)18(23)24-10-12-7-8-13(19)9-15(12)20/h3-9H,10-11H2,1-2H3. The number of rotatable bonds is 6. The molecule has 0 aliphatic carbocycles. The van der Waals surface area contributed by atoms with Gasteiger partial charge in [-0.3, -0.25) is 4.79 Å². The predicted octanol–water partition coefficient (Wildman–Crippen LogP) is 4.53. The van der Waals surface area contributed by atoms with Gasteiger partial charge in [0.05, 0.1) is 11.3 Å². The third-order valence-electron chi connectivity index (χ3n) is 3.33. The molecule has 4 nitrogen and oxygen atoms in total. The first-order chi connectivity index (χ1) is 11.9. The van der Waals surface area contributed by atoms with Gasteiger partial charge < -0.3 is 9.64 Å². The van der Waals surface area contributed by atoms with E-state index in [1.807, 2.05) is 6.07 Å². The molecule has 0 atom stereocenters. The fraction of sp³-hybridized carbons (Fsp3) is 0.222. The molecule has 0 heterocycles. The van der Waals surface area contributed by atoms with Crippen molar-refractivity contribution < 1.29 is 14.3 Å². The van der Waals surface area contributed by atoms with E-state index in [2.05, 4.69) is 0 Å². The van der Waals surface area contributed by atoms with E-state index in [0.29, 0.717) is 26.1 Å². The van der Waals surface area contributed by atoms with E-state index in [-0.39, 0.29) is 18.3 Å². The lowest BCUT2D eigenvalue weighted by atomic mass is 10.2. The number of nitrogens with zero attached hydrogens (tertiary/aromatic N) is 1. The highest BCUT2D eigenvalue weighted by molar-refractivity contribution is 8.00. The highest BCUT2D eigenvalue weighted by atomic mass is 35.5. The first-order valence-corrected chi connectivity index (χ1v) is 9.15. The zero-order valence-electron chi connectivity index (χ0n) is 13.8. The monoisotopic (exact) mass is 397 g/mol. The zero-order valence-corrected chi connectivity index (χ0v) is 16.1. The Labute approximate surface area is 161 Å². The number of hydrogen-bond donors (Lipinski definition) is 0. The van der Waals surface area contributed by atoms with Crippen LogP contribution in [0.4, 0.5) is 0 Å². The topological polar surface area (TPSA) is 46.6 Å². The average Bonchev–Trinajstić information content (AvgIpc) is 2.58. The second-order valence-corrected chi connectivity index (χ2v) is 7.25. The molecule has 0 aromatic heterocycles. The molecule has 0 saturated heterocycles. The summed E-state index contributed by atoms with van der Waals surface area (Å²) in [7, 11) is 3.39. The second kappa shape index (κ2) is 9.13. The van der Waals surface area contributed by atoms with Crippen LogP contribution in [0.1, 0.15) is 15.9 Å². The van der Waals surface area contributed by atoms with Gasteiger partial charge in [-0.15, -0.1) is 11.8 Å². The zero-order chi connectivity index (χ0) is 18.4. The normalized spacial score (nSPS) is 10.4. The van der Waals surface area contributed by atoms with Crippen molar-refractivity contribution in [3.63, 3.8) is 0 Å². The Morgan fingerprint density at radius 3 is 2.52 bits per heavy atom. The molecule has 2 aromatic rings. The maximum absolute atomic E-state index is 12.4. The number of ether oxygens (including phenoxy) is 1. The van der Waals surface area contributed by atoms with Crippen molar-refractivity contribution in [1.29, 1.82) is 0 Å². The molecule has 0 saturated carbocycles. The second-order valence-electron chi connectivity index (χ2n) is 5.38. The van der Waals surface area contributed by atoms with Crippen LogP contribution >= 0.6 is 35.0 Å². The Morgan fingerprint density at radius 2 is 1.84 bits per heavy atom. The van der Waals surface area contributed by atoms with Crippen LogP contribution in [0.15, 0.2) is 47.4 Å². The van der Waals surface area contributed by atoms with Crippen LogP contribution < -0.4 is 0 Å². The average molecular weight is 398 g/mol. The SMILES string of the molecule is CN(C)C(=O)CSc1ccccc1C(=O)OCc1ccc(Cl)cc1Cl. The first-order valence-electron chi connectivity index (χ1n) is 7.41. The number of hydrogen-bond acceptors (Lipinski definition) is 4. The van der Waals surface area contributed by atoms with Crippen LogP contribution in [0, 0.1) is 0 Å². The molecule has 132 valence electrons. The summed E-state index contributed by atoms with van der Waals surface area (Å²) in [6.07, 6.45) is 0. The number of benzene rings is 2. The first kappa shape index (κ1) is 19.6. The van der Waals surface area contributed by atoms with Crippen LogP contribution in [0.2, 0.25) is 10.0 Å². The summed E-state index contributed by atoms with van der Waals surface area (Å²) in [4.78, 5) is 26.3. The molecule has 2 aromatic carbocycles. The van der Waals surface area contributed by atoms with Crippen LogP contribution in [0.25, 0.3) is 0 Å². The third kappa shape index (κ3) is 5.66. The highest BCUT2D eigenvalue weighted by Crippen LogP contribution is 2.25. The minimum absolute atomic E-state index is 0.0267. The number of amides is 1.